The number of rotatable bonds is 17. The molecule has 3 N–H and O–H groups in total. The quantitative estimate of drug-likeness (QED) is 0.0875. The van der Waals surface area contributed by atoms with E-state index in [0.717, 1.165) is 10.4 Å². The summed E-state index contributed by atoms with van der Waals surface area (Å²) >= 11 is 0. The van der Waals surface area contributed by atoms with Crippen molar-refractivity contribution in [3.8, 4) is 0 Å². The van der Waals surface area contributed by atoms with Crippen molar-refractivity contribution in [2.75, 3.05) is 12.3 Å². The molecule has 0 aliphatic carbocycles. The van der Waals surface area contributed by atoms with Gasteiger partial charge in [-0.1, -0.05) is 123 Å². The average Bonchev–Trinajstić information content (AvgIpc) is 4.08. The van der Waals surface area contributed by atoms with Gasteiger partial charge in [0.25, 0.3) is 13.9 Å². The van der Waals surface area contributed by atoms with E-state index in [9.17, 15) is 9.59 Å². The van der Waals surface area contributed by atoms with Crippen molar-refractivity contribution in [2.24, 2.45) is 0 Å². The summed E-state index contributed by atoms with van der Waals surface area (Å²) in [6, 6.07) is 21.9. The SMILES string of the molecule is CC(C)[Si](OC[C@H]1O[C@@H](n2c(CCC[C@H]3O[C@@H](n4c(CO[Si](c5ccccc5)(c5ccccc5)C(C)(C)C)cc(=O)[nH]c4=O)[C@@H]4OC(C)(C)O[C@@H]43)nc3c(N)ncnc32)[C@@H]2OC(C)(C)O[C@@H]21)(C(C)C)C(C)C. The van der Waals surface area contributed by atoms with Gasteiger partial charge in [-0.2, -0.15) is 0 Å². The Labute approximate surface area is 424 Å². The Hall–Kier alpha value is -4.42. The molecule has 7 heterocycles. The first-order valence-corrected chi connectivity index (χ1v) is 29.8. The minimum Gasteiger partial charge on any atom is -0.413 e. The number of aromatic amines is 1. The molecule has 72 heavy (non-hydrogen) atoms. The Morgan fingerprint density at radius 3 is 1.82 bits per heavy atom. The maximum atomic E-state index is 14.2. The molecule has 9 rings (SSSR count). The largest absolute Gasteiger partial charge is 0.413 e. The number of hydrogen-bond donors (Lipinski definition) is 2. The molecule has 0 amide bonds. The summed E-state index contributed by atoms with van der Waals surface area (Å²) < 4.78 is 58.2. The van der Waals surface area contributed by atoms with Gasteiger partial charge in [0.1, 0.15) is 42.7 Å². The molecule has 3 aromatic heterocycles. The number of aryl methyl sites for hydroxylation is 1. The molecule has 0 bridgehead atoms. The van der Waals surface area contributed by atoms with Crippen LogP contribution in [0.4, 0.5) is 5.82 Å². The smallest absolute Gasteiger partial charge is 0.330 e. The molecule has 4 aliphatic rings. The highest BCUT2D eigenvalue weighted by Crippen LogP contribution is 2.48. The van der Waals surface area contributed by atoms with Crippen LogP contribution in [0.5, 0.6) is 0 Å². The fourth-order valence-electron chi connectivity index (χ4n) is 12.6. The molecular formula is C53H75N7O10Si2. The Morgan fingerprint density at radius 2 is 1.26 bits per heavy atom. The monoisotopic (exact) mass is 1030 g/mol. The first-order chi connectivity index (χ1) is 34.0. The normalized spacial score (nSPS) is 26.1. The van der Waals surface area contributed by atoms with Crippen molar-refractivity contribution >= 4 is 44.0 Å². The number of ether oxygens (including phenoxy) is 6. The number of hydrogen-bond acceptors (Lipinski definition) is 14. The fraction of sp³-hybridized carbons (Fsp3) is 0.604. The zero-order chi connectivity index (χ0) is 51.7. The number of fused-ring (bicyclic) bond motifs is 3. The maximum absolute atomic E-state index is 14.2. The molecule has 0 saturated carbocycles. The Kier molecular flexibility index (Phi) is 14.3. The highest BCUT2D eigenvalue weighted by Gasteiger charge is 2.59. The topological polar surface area (TPSA) is 198 Å². The van der Waals surface area contributed by atoms with Crippen molar-refractivity contribution in [1.29, 1.82) is 0 Å². The van der Waals surface area contributed by atoms with Crippen LogP contribution in [-0.2, 0) is 50.3 Å². The van der Waals surface area contributed by atoms with E-state index in [1.165, 1.54) is 17.0 Å². The van der Waals surface area contributed by atoms with Crippen molar-refractivity contribution in [3.63, 3.8) is 0 Å². The summed E-state index contributed by atoms with van der Waals surface area (Å²) in [4.78, 5) is 43.9. The number of nitrogens with zero attached hydrogens (tertiary/aromatic N) is 5. The predicted molar refractivity (Wildman–Crippen MR) is 279 cm³/mol. The highest BCUT2D eigenvalue weighted by atomic mass is 28.4. The van der Waals surface area contributed by atoms with Gasteiger partial charge in [-0.05, 0) is 72.6 Å². The van der Waals surface area contributed by atoms with Crippen LogP contribution in [-0.4, -0.2) is 101 Å². The highest BCUT2D eigenvalue weighted by molar-refractivity contribution is 6.99. The number of H-pyrrole nitrogens is 1. The standard InChI is InChI=1S/C53H75N7O10Si2/c1-31(2)71(32(3)4,33(5)6)63-29-38-43-45(70-53(12,13)68-43)49(66-38)60-39(57-41-46(54)55-30-56-47(41)60)26-20-25-37-42-44(69-52(10,11)67-42)48(65-37)59-34(27-40(61)58-50(59)62)28-64-72(51(7,8)9,35-21-16-14-17-22-35)36-23-18-15-19-24-36/h14-19,21-24,27,30-33,37-38,42-45,48-49H,20,25-26,28-29H2,1-13H3,(H2,54,55,56)(H,58,61,62)/t37-,38-,42-,43-,44-,45-,48-,49-/m1/s1. The molecule has 2 aromatic carbocycles. The molecular weight excluding hydrogens is 951 g/mol. The molecule has 4 aliphatic heterocycles. The number of aromatic nitrogens is 6. The Balaban J connectivity index is 1.00. The second-order valence-corrected chi connectivity index (χ2v) is 32.6. The lowest BCUT2D eigenvalue weighted by atomic mass is 10.0. The molecule has 19 heteroatoms. The second kappa shape index (κ2) is 19.7. The van der Waals surface area contributed by atoms with E-state index < -0.39 is 88.5 Å². The van der Waals surface area contributed by atoms with Crippen molar-refractivity contribution in [2.45, 2.75) is 198 Å². The van der Waals surface area contributed by atoms with Gasteiger partial charge in [0.05, 0.1) is 25.0 Å². The van der Waals surface area contributed by atoms with Gasteiger partial charge in [-0.15, -0.1) is 0 Å². The van der Waals surface area contributed by atoms with E-state index in [-0.39, 0.29) is 17.5 Å². The van der Waals surface area contributed by atoms with E-state index in [1.54, 1.807) is 0 Å². The first kappa shape index (κ1) is 52.4. The Bertz CT molecular complexity index is 2770. The third-order valence-corrected chi connectivity index (χ3v) is 26.4. The second-order valence-electron chi connectivity index (χ2n) is 22.9. The van der Waals surface area contributed by atoms with E-state index >= 15 is 0 Å². The lowest BCUT2D eigenvalue weighted by Gasteiger charge is -2.43. The van der Waals surface area contributed by atoms with Crippen LogP contribution < -0.4 is 27.4 Å². The van der Waals surface area contributed by atoms with Gasteiger partial charge in [0, 0.05) is 12.5 Å². The van der Waals surface area contributed by atoms with Gasteiger partial charge >= 0.3 is 5.69 Å². The van der Waals surface area contributed by atoms with Crippen molar-refractivity contribution < 1.29 is 37.3 Å². The number of nitrogens with one attached hydrogen (secondary N) is 1. The number of nitrogen functional groups attached to an aromatic ring is 1. The van der Waals surface area contributed by atoms with E-state index in [2.05, 4.69) is 96.5 Å². The molecule has 17 nitrogen and oxygen atoms in total. The van der Waals surface area contributed by atoms with E-state index in [0.29, 0.717) is 65.2 Å². The van der Waals surface area contributed by atoms with Crippen LogP contribution in [0.1, 0.15) is 127 Å². The number of benzene rings is 2. The number of anilines is 1. The summed E-state index contributed by atoms with van der Waals surface area (Å²) in [5, 5.41) is 1.79. The van der Waals surface area contributed by atoms with Crippen LogP contribution >= 0.6 is 0 Å². The maximum Gasteiger partial charge on any atom is 0.330 e. The molecule has 0 unspecified atom stereocenters. The first-order valence-electron chi connectivity index (χ1n) is 25.7. The van der Waals surface area contributed by atoms with Crippen molar-refractivity contribution in [1.82, 2.24) is 29.1 Å². The minimum absolute atomic E-state index is 0.0408. The Morgan fingerprint density at radius 1 is 0.736 bits per heavy atom. The lowest BCUT2D eigenvalue weighted by molar-refractivity contribution is -0.199. The van der Waals surface area contributed by atoms with Crippen LogP contribution in [0.3, 0.4) is 0 Å². The predicted octanol–water partition coefficient (Wildman–Crippen LogP) is 7.39. The summed E-state index contributed by atoms with van der Waals surface area (Å²) in [7, 11) is -5.35. The number of imidazole rings is 1. The minimum atomic E-state index is -3.09. The van der Waals surface area contributed by atoms with Gasteiger partial charge in [0.2, 0.25) is 0 Å². The van der Waals surface area contributed by atoms with Gasteiger partial charge < -0.3 is 43.0 Å². The molecule has 0 spiro atoms. The molecule has 390 valence electrons. The third-order valence-electron chi connectivity index (χ3n) is 15.3. The summed E-state index contributed by atoms with van der Waals surface area (Å²) in [6.07, 6.45) is -1.69. The number of nitrogens with two attached hydrogens (primary N) is 1. The van der Waals surface area contributed by atoms with Gasteiger partial charge in [-0.25, -0.2) is 19.7 Å². The lowest BCUT2D eigenvalue weighted by Crippen LogP contribution is -2.66. The third kappa shape index (κ3) is 9.40. The van der Waals surface area contributed by atoms with Gasteiger partial charge in [-0.3, -0.25) is 18.9 Å². The zero-order valence-electron chi connectivity index (χ0n) is 44.2. The fourth-order valence-corrected chi connectivity index (χ4v) is 22.6. The molecule has 5 aromatic rings. The molecule has 0 radical (unpaired) electrons. The van der Waals surface area contributed by atoms with Crippen LogP contribution in [0, 0.1) is 0 Å². The summed E-state index contributed by atoms with van der Waals surface area (Å²) in [6.45, 7) is 28.1. The molecule has 8 atom stereocenters. The molecule has 4 fully saturated rings. The van der Waals surface area contributed by atoms with Crippen LogP contribution in [0.15, 0.2) is 82.6 Å². The summed E-state index contributed by atoms with van der Waals surface area (Å²) in [5.41, 5.74) is 7.87. The van der Waals surface area contributed by atoms with Gasteiger partial charge in [0.15, 0.2) is 49.3 Å². The van der Waals surface area contributed by atoms with Crippen LogP contribution in [0.2, 0.25) is 21.7 Å². The average molecular weight is 1030 g/mol. The molecule has 4 saturated heterocycles. The van der Waals surface area contributed by atoms with Crippen LogP contribution in [0.25, 0.3) is 11.2 Å². The van der Waals surface area contributed by atoms with Crippen molar-refractivity contribution in [3.05, 3.63) is 105 Å². The van der Waals surface area contributed by atoms with E-state index in [1.807, 2.05) is 68.7 Å². The summed E-state index contributed by atoms with van der Waals surface area (Å²) in [5.74, 6) is -0.911. The zero-order valence-corrected chi connectivity index (χ0v) is 46.2. The van der Waals surface area contributed by atoms with E-state index in [4.69, 9.17) is 53.0 Å².